The average Bonchev–Trinajstić information content (AvgIpc) is 2.28. The monoisotopic (exact) mass is 262 g/mol. The topological polar surface area (TPSA) is 71.4 Å². The van der Waals surface area contributed by atoms with Crippen molar-refractivity contribution in [2.45, 2.75) is 17.2 Å². The molecule has 0 aliphatic carbocycles. The van der Waals surface area contributed by atoms with Crippen LogP contribution in [0.4, 0.5) is 0 Å². The summed E-state index contributed by atoms with van der Waals surface area (Å²) in [5, 5.41) is 7.51. The van der Waals surface area contributed by atoms with Crippen molar-refractivity contribution in [1.82, 2.24) is 0 Å². The van der Waals surface area contributed by atoms with E-state index in [4.69, 9.17) is 16.7 Å². The molecule has 0 radical (unpaired) electrons. The highest BCUT2D eigenvalue weighted by Crippen LogP contribution is 2.22. The molecule has 1 rings (SSSR count). The van der Waals surface area contributed by atoms with Crippen LogP contribution in [0.5, 0.6) is 0 Å². The largest absolute Gasteiger partial charge is 0.480 e. The molecule has 6 heteroatoms. The van der Waals surface area contributed by atoms with E-state index in [1.165, 1.54) is 24.3 Å². The van der Waals surface area contributed by atoms with Gasteiger partial charge in [-0.3, -0.25) is 4.79 Å². The number of hydrogen-bond donors (Lipinski definition) is 1. The van der Waals surface area contributed by atoms with E-state index >= 15 is 0 Å². The first kappa shape index (κ1) is 13.0. The third kappa shape index (κ3) is 2.74. The molecule has 1 aromatic rings. The van der Waals surface area contributed by atoms with E-state index < -0.39 is 21.2 Å². The van der Waals surface area contributed by atoms with E-state index in [0.29, 0.717) is 5.56 Å². The minimum atomic E-state index is -3.25. The van der Waals surface area contributed by atoms with E-state index in [2.05, 4.69) is 0 Å². The van der Waals surface area contributed by atoms with Crippen LogP contribution in [-0.2, 0) is 14.6 Å². The lowest BCUT2D eigenvalue weighted by molar-refractivity contribution is -0.136. The van der Waals surface area contributed by atoms with Gasteiger partial charge in [0.25, 0.3) is 0 Å². The maximum absolute atomic E-state index is 11.5. The number of carbonyl (C=O) groups is 1. The smallest absolute Gasteiger partial charge is 0.326 e. The summed E-state index contributed by atoms with van der Waals surface area (Å²) in [7, 11) is -3.25. The molecule has 88 valence electrons. The Morgan fingerprint density at radius 2 is 1.88 bits per heavy atom. The second-order valence-corrected chi connectivity index (χ2v) is 5.89. The summed E-state index contributed by atoms with van der Waals surface area (Å²) in [6.45, 7) is 1.55. The number of sulfone groups is 1. The zero-order valence-electron chi connectivity index (χ0n) is 8.55. The molecule has 0 bridgehead atoms. The molecule has 0 spiro atoms. The van der Waals surface area contributed by atoms with Crippen LogP contribution in [0.25, 0.3) is 0 Å². The van der Waals surface area contributed by atoms with Crippen LogP contribution in [0.1, 0.15) is 17.9 Å². The van der Waals surface area contributed by atoms with Crippen LogP contribution in [0.15, 0.2) is 29.2 Å². The molecule has 0 aliphatic rings. The molecule has 0 heterocycles. The lowest BCUT2D eigenvalue weighted by Gasteiger charge is -2.06. The summed E-state index contributed by atoms with van der Waals surface area (Å²) in [5.41, 5.74) is 0.365. The summed E-state index contributed by atoms with van der Waals surface area (Å²) in [6, 6.07) is 5.56. The van der Waals surface area contributed by atoms with Gasteiger partial charge in [0, 0.05) is 0 Å². The fraction of sp³-hybridized carbons (Fsp3) is 0.300. The van der Waals surface area contributed by atoms with Crippen LogP contribution in [0, 0.1) is 0 Å². The Morgan fingerprint density at radius 3 is 2.25 bits per heavy atom. The summed E-state index contributed by atoms with van der Waals surface area (Å²) < 4.78 is 22.9. The van der Waals surface area contributed by atoms with Crippen LogP contribution in [0.2, 0.25) is 0 Å². The van der Waals surface area contributed by atoms with Crippen molar-refractivity contribution in [3.05, 3.63) is 29.8 Å². The fourth-order valence-corrected chi connectivity index (χ4v) is 2.18. The predicted molar refractivity (Wildman–Crippen MR) is 60.4 cm³/mol. The quantitative estimate of drug-likeness (QED) is 0.841. The second kappa shape index (κ2) is 4.84. The highest BCUT2D eigenvalue weighted by atomic mass is 35.5. The minimum absolute atomic E-state index is 0.00950. The average molecular weight is 263 g/mol. The number of aliphatic carboxylic acids is 1. The Hall–Kier alpha value is -1.07. The molecule has 0 aliphatic heterocycles. The van der Waals surface area contributed by atoms with Crippen molar-refractivity contribution in [1.29, 1.82) is 0 Å². The van der Waals surface area contributed by atoms with E-state index in [-0.39, 0.29) is 10.6 Å². The zero-order valence-corrected chi connectivity index (χ0v) is 10.1. The van der Waals surface area contributed by atoms with Gasteiger partial charge in [-0.1, -0.05) is 19.1 Å². The Balaban J connectivity index is 3.05. The Labute approximate surface area is 98.8 Å². The molecule has 1 aromatic carbocycles. The molecule has 0 saturated carbocycles. The number of carboxylic acids is 1. The fourth-order valence-electron chi connectivity index (χ4n) is 1.15. The van der Waals surface area contributed by atoms with Crippen molar-refractivity contribution in [2.75, 3.05) is 5.75 Å². The zero-order chi connectivity index (χ0) is 12.3. The SMILES string of the molecule is CCS(=O)(=O)c1ccc(C(Cl)C(=O)O)cc1. The molecular formula is C10H11ClO4S. The number of alkyl halides is 1. The molecule has 0 amide bonds. The number of carboxylic acid groups (broad SMARTS) is 1. The Bertz CT molecular complexity index is 478. The highest BCUT2D eigenvalue weighted by Gasteiger charge is 2.17. The van der Waals surface area contributed by atoms with Crippen molar-refractivity contribution < 1.29 is 18.3 Å². The summed E-state index contributed by atoms with van der Waals surface area (Å²) in [6.07, 6.45) is 0. The minimum Gasteiger partial charge on any atom is -0.480 e. The van der Waals surface area contributed by atoms with Crippen molar-refractivity contribution in [2.24, 2.45) is 0 Å². The molecule has 0 fully saturated rings. The van der Waals surface area contributed by atoms with Gasteiger partial charge in [0.15, 0.2) is 15.2 Å². The van der Waals surface area contributed by atoms with Crippen LogP contribution >= 0.6 is 11.6 Å². The van der Waals surface area contributed by atoms with Gasteiger partial charge in [-0.15, -0.1) is 11.6 Å². The first-order valence-electron chi connectivity index (χ1n) is 4.58. The third-order valence-corrected chi connectivity index (χ3v) is 4.32. The maximum atomic E-state index is 11.5. The van der Waals surface area contributed by atoms with Gasteiger partial charge in [0.1, 0.15) is 0 Å². The summed E-state index contributed by atoms with van der Waals surface area (Å²) in [4.78, 5) is 10.8. The Kier molecular flexibility index (Phi) is 3.93. The van der Waals surface area contributed by atoms with Gasteiger partial charge in [-0.2, -0.15) is 0 Å². The second-order valence-electron chi connectivity index (χ2n) is 3.17. The van der Waals surface area contributed by atoms with Gasteiger partial charge in [0.2, 0.25) is 0 Å². The first-order chi connectivity index (χ1) is 7.38. The van der Waals surface area contributed by atoms with Crippen LogP contribution in [-0.4, -0.2) is 25.2 Å². The molecule has 1 atom stereocenters. The highest BCUT2D eigenvalue weighted by molar-refractivity contribution is 7.91. The number of hydrogen-bond acceptors (Lipinski definition) is 3. The van der Waals surface area contributed by atoms with Gasteiger partial charge in [0.05, 0.1) is 10.6 Å². The summed E-state index contributed by atoms with van der Waals surface area (Å²) in [5.74, 6) is -1.15. The normalized spacial score (nSPS) is 13.4. The summed E-state index contributed by atoms with van der Waals surface area (Å²) >= 11 is 5.59. The number of benzene rings is 1. The van der Waals surface area contributed by atoms with Gasteiger partial charge < -0.3 is 5.11 Å². The molecular weight excluding hydrogens is 252 g/mol. The van der Waals surface area contributed by atoms with E-state index in [1.54, 1.807) is 6.92 Å². The predicted octanol–water partition coefficient (Wildman–Crippen LogP) is 1.84. The van der Waals surface area contributed by atoms with E-state index in [9.17, 15) is 13.2 Å². The molecule has 4 nitrogen and oxygen atoms in total. The first-order valence-corrected chi connectivity index (χ1v) is 6.67. The lowest BCUT2D eigenvalue weighted by Crippen LogP contribution is -2.06. The van der Waals surface area contributed by atoms with Crippen molar-refractivity contribution >= 4 is 27.4 Å². The van der Waals surface area contributed by atoms with Crippen LogP contribution in [0.3, 0.4) is 0 Å². The van der Waals surface area contributed by atoms with E-state index in [0.717, 1.165) is 0 Å². The van der Waals surface area contributed by atoms with Crippen molar-refractivity contribution in [3.63, 3.8) is 0 Å². The maximum Gasteiger partial charge on any atom is 0.326 e. The van der Waals surface area contributed by atoms with Crippen LogP contribution < -0.4 is 0 Å². The molecule has 1 unspecified atom stereocenters. The standard InChI is InChI=1S/C10H11ClO4S/c1-2-16(14,15)8-5-3-7(4-6-8)9(11)10(12)13/h3-6,9H,2H2,1H3,(H,12,13). The van der Waals surface area contributed by atoms with Crippen molar-refractivity contribution in [3.8, 4) is 0 Å². The molecule has 1 N–H and O–H groups in total. The molecule has 0 saturated heterocycles. The number of halogens is 1. The van der Waals surface area contributed by atoms with Gasteiger partial charge in [-0.25, -0.2) is 8.42 Å². The molecule has 16 heavy (non-hydrogen) atoms. The van der Waals surface area contributed by atoms with Gasteiger partial charge in [-0.05, 0) is 17.7 Å². The number of rotatable bonds is 4. The molecule has 0 aromatic heterocycles. The third-order valence-electron chi connectivity index (χ3n) is 2.13. The Morgan fingerprint density at radius 1 is 1.38 bits per heavy atom. The van der Waals surface area contributed by atoms with E-state index in [1.807, 2.05) is 0 Å². The lowest BCUT2D eigenvalue weighted by atomic mass is 10.1. The van der Waals surface area contributed by atoms with Gasteiger partial charge >= 0.3 is 5.97 Å².